The van der Waals surface area contributed by atoms with Gasteiger partial charge in [0.25, 0.3) is 0 Å². The Labute approximate surface area is 112 Å². The van der Waals surface area contributed by atoms with Crippen molar-refractivity contribution in [2.24, 2.45) is 0 Å². The molecule has 2 heteroatoms. The molecule has 1 rings (SSSR count). The van der Waals surface area contributed by atoms with Crippen LogP contribution in [0, 0.1) is 12.7 Å². The molecule has 0 spiro atoms. The zero-order valence-corrected chi connectivity index (χ0v) is 12.1. The first kappa shape index (κ1) is 15.3. The number of benzene rings is 1. The van der Waals surface area contributed by atoms with E-state index in [0.717, 1.165) is 0 Å². The fourth-order valence-corrected chi connectivity index (χ4v) is 2.53. The van der Waals surface area contributed by atoms with Crippen LogP contribution in [-0.4, -0.2) is 6.71 Å². The van der Waals surface area contributed by atoms with Gasteiger partial charge >= 0.3 is 0 Å². The van der Waals surface area contributed by atoms with Crippen molar-refractivity contribution in [3.63, 3.8) is 0 Å². The zero-order chi connectivity index (χ0) is 13.4. The summed E-state index contributed by atoms with van der Waals surface area (Å²) in [6, 6.07) is 5.15. The van der Waals surface area contributed by atoms with Crippen LogP contribution in [0.15, 0.2) is 18.2 Å². The van der Waals surface area contributed by atoms with Crippen molar-refractivity contribution >= 4 is 12.2 Å². The minimum atomic E-state index is -0.106. The molecule has 0 aliphatic carbocycles. The summed E-state index contributed by atoms with van der Waals surface area (Å²) in [6.45, 7) is 7.02. The normalized spacial score (nSPS) is 10.7. The molecular formula is C16H26BF. The van der Waals surface area contributed by atoms with E-state index < -0.39 is 0 Å². The lowest BCUT2D eigenvalue weighted by molar-refractivity contribution is 0.623. The van der Waals surface area contributed by atoms with Crippen LogP contribution in [0.4, 0.5) is 4.39 Å². The van der Waals surface area contributed by atoms with Gasteiger partial charge in [0.05, 0.1) is 0 Å². The molecule has 0 saturated carbocycles. The van der Waals surface area contributed by atoms with Gasteiger partial charge in [-0.05, 0) is 19.1 Å². The average Bonchev–Trinajstić information content (AvgIpc) is 2.36. The van der Waals surface area contributed by atoms with Crippen molar-refractivity contribution in [2.75, 3.05) is 0 Å². The highest BCUT2D eigenvalue weighted by Gasteiger charge is 2.12. The Kier molecular flexibility index (Phi) is 7.08. The Morgan fingerprint density at radius 3 is 2.44 bits per heavy atom. The number of aryl methyl sites for hydroxylation is 1. The molecule has 0 aliphatic heterocycles. The van der Waals surface area contributed by atoms with Crippen LogP contribution >= 0.6 is 0 Å². The second kappa shape index (κ2) is 8.34. The molecule has 0 atom stereocenters. The molecular weight excluding hydrogens is 222 g/mol. The van der Waals surface area contributed by atoms with Crippen LogP contribution in [0.5, 0.6) is 0 Å². The number of hydrogen-bond donors (Lipinski definition) is 0. The third-order valence-corrected chi connectivity index (χ3v) is 3.76. The van der Waals surface area contributed by atoms with Gasteiger partial charge in [0.15, 0.2) is 6.71 Å². The van der Waals surface area contributed by atoms with Gasteiger partial charge in [-0.25, -0.2) is 4.39 Å². The van der Waals surface area contributed by atoms with Crippen molar-refractivity contribution in [1.29, 1.82) is 0 Å². The maximum absolute atomic E-state index is 13.2. The molecule has 0 bridgehead atoms. The van der Waals surface area contributed by atoms with Crippen LogP contribution in [0.1, 0.15) is 51.0 Å². The first-order valence-electron chi connectivity index (χ1n) is 7.41. The summed E-state index contributed by atoms with van der Waals surface area (Å²) in [7, 11) is 0. The molecule has 0 nitrogen and oxygen atoms in total. The summed E-state index contributed by atoms with van der Waals surface area (Å²) in [6.07, 6.45) is 9.14. The van der Waals surface area contributed by atoms with E-state index >= 15 is 0 Å². The summed E-state index contributed by atoms with van der Waals surface area (Å²) in [4.78, 5) is 0. The zero-order valence-electron chi connectivity index (χ0n) is 12.1. The maximum atomic E-state index is 13.2. The summed E-state index contributed by atoms with van der Waals surface area (Å²) < 4.78 is 13.2. The number of rotatable bonds is 8. The summed E-state index contributed by atoms with van der Waals surface area (Å²) in [5, 5.41) is 0. The Bertz CT molecular complexity index is 349. The standard InChI is InChI=1S/C16H26BF/c1-4-5-6-7-8-9-12-17(3)16-13-15(18)11-10-14(16)2/h10-11,13H,4-9,12H2,1-3H3. The number of unbranched alkanes of at least 4 members (excludes halogenated alkanes) is 5. The van der Waals surface area contributed by atoms with Gasteiger partial charge in [-0.15, -0.1) is 0 Å². The first-order chi connectivity index (χ1) is 8.65. The first-order valence-corrected chi connectivity index (χ1v) is 7.41. The van der Waals surface area contributed by atoms with Gasteiger partial charge < -0.3 is 0 Å². The molecule has 18 heavy (non-hydrogen) atoms. The summed E-state index contributed by atoms with van der Waals surface area (Å²) in [5.74, 6) is -0.106. The van der Waals surface area contributed by atoms with Gasteiger partial charge in [0.2, 0.25) is 0 Å². The van der Waals surface area contributed by atoms with E-state index in [9.17, 15) is 4.39 Å². The fraction of sp³-hybridized carbons (Fsp3) is 0.625. The van der Waals surface area contributed by atoms with E-state index in [1.54, 1.807) is 12.1 Å². The second-order valence-electron chi connectivity index (χ2n) is 5.46. The minimum absolute atomic E-state index is 0.106. The molecule has 0 aliphatic rings. The van der Waals surface area contributed by atoms with E-state index in [0.29, 0.717) is 6.71 Å². The molecule has 0 heterocycles. The summed E-state index contributed by atoms with van der Waals surface area (Å²) >= 11 is 0. The lowest BCUT2D eigenvalue weighted by atomic mass is 9.43. The van der Waals surface area contributed by atoms with Crippen molar-refractivity contribution in [2.45, 2.75) is 65.5 Å². The van der Waals surface area contributed by atoms with Crippen LogP contribution in [0.2, 0.25) is 13.1 Å². The van der Waals surface area contributed by atoms with Crippen molar-refractivity contribution in [3.8, 4) is 0 Å². The highest BCUT2D eigenvalue weighted by atomic mass is 19.1. The highest BCUT2D eigenvalue weighted by molar-refractivity contribution is 6.72. The predicted molar refractivity (Wildman–Crippen MR) is 80.6 cm³/mol. The van der Waals surface area contributed by atoms with E-state index in [4.69, 9.17) is 0 Å². The Morgan fingerprint density at radius 1 is 1.06 bits per heavy atom. The van der Waals surface area contributed by atoms with Gasteiger partial charge in [0.1, 0.15) is 5.82 Å². The van der Waals surface area contributed by atoms with Gasteiger partial charge in [-0.1, -0.05) is 75.7 Å². The monoisotopic (exact) mass is 248 g/mol. The van der Waals surface area contributed by atoms with Crippen molar-refractivity contribution in [3.05, 3.63) is 29.6 Å². The molecule has 0 aromatic heterocycles. The molecule has 0 amide bonds. The Hall–Kier alpha value is -0.785. The van der Waals surface area contributed by atoms with E-state index in [1.807, 2.05) is 6.07 Å². The van der Waals surface area contributed by atoms with E-state index in [1.165, 1.54) is 55.9 Å². The molecule has 0 fully saturated rings. The smallest absolute Gasteiger partial charge is 0.173 e. The molecule has 0 unspecified atom stereocenters. The van der Waals surface area contributed by atoms with Crippen LogP contribution in [-0.2, 0) is 0 Å². The SMILES string of the molecule is CCCCCCCCB(C)c1cc(F)ccc1C. The Morgan fingerprint density at radius 2 is 1.72 bits per heavy atom. The largest absolute Gasteiger partial charge is 0.207 e. The fourth-order valence-electron chi connectivity index (χ4n) is 2.53. The molecule has 0 N–H and O–H groups in total. The van der Waals surface area contributed by atoms with Crippen LogP contribution in [0.25, 0.3) is 0 Å². The van der Waals surface area contributed by atoms with Gasteiger partial charge in [-0.2, -0.15) is 0 Å². The van der Waals surface area contributed by atoms with Crippen molar-refractivity contribution < 1.29 is 4.39 Å². The van der Waals surface area contributed by atoms with Crippen LogP contribution in [0.3, 0.4) is 0 Å². The lowest BCUT2D eigenvalue weighted by Crippen LogP contribution is -2.29. The van der Waals surface area contributed by atoms with Crippen molar-refractivity contribution in [1.82, 2.24) is 0 Å². The topological polar surface area (TPSA) is 0 Å². The minimum Gasteiger partial charge on any atom is -0.207 e. The van der Waals surface area contributed by atoms with E-state index in [-0.39, 0.29) is 5.82 Å². The molecule has 1 aromatic carbocycles. The third-order valence-electron chi connectivity index (χ3n) is 3.76. The number of halogens is 1. The van der Waals surface area contributed by atoms with Crippen LogP contribution < -0.4 is 5.46 Å². The average molecular weight is 248 g/mol. The van der Waals surface area contributed by atoms with E-state index in [2.05, 4.69) is 20.7 Å². The van der Waals surface area contributed by atoms with Gasteiger partial charge in [0, 0.05) is 0 Å². The quantitative estimate of drug-likeness (QED) is 0.456. The van der Waals surface area contributed by atoms with Gasteiger partial charge in [-0.3, -0.25) is 0 Å². The predicted octanol–water partition coefficient (Wildman–Crippen LogP) is 4.83. The second-order valence-corrected chi connectivity index (χ2v) is 5.46. The lowest BCUT2D eigenvalue weighted by Gasteiger charge is -2.12. The highest BCUT2D eigenvalue weighted by Crippen LogP contribution is 2.10. The maximum Gasteiger partial charge on any atom is 0.173 e. The third kappa shape index (κ3) is 5.24. The Balaban J connectivity index is 2.31. The molecule has 1 aromatic rings. The molecule has 100 valence electrons. The number of hydrogen-bond acceptors (Lipinski definition) is 0. The molecule has 0 saturated heterocycles. The summed E-state index contributed by atoms with van der Waals surface area (Å²) in [5.41, 5.74) is 2.40. The molecule has 0 radical (unpaired) electrons.